The van der Waals surface area contributed by atoms with E-state index in [0.717, 1.165) is 16.8 Å². The van der Waals surface area contributed by atoms with E-state index < -0.39 is 27.8 Å². The lowest BCUT2D eigenvalue weighted by Gasteiger charge is -2.04. The highest BCUT2D eigenvalue weighted by molar-refractivity contribution is 5.94. The second kappa shape index (κ2) is 7.67. The van der Waals surface area contributed by atoms with Crippen LogP contribution in [0.15, 0.2) is 34.2 Å². The van der Waals surface area contributed by atoms with Gasteiger partial charge in [0.2, 0.25) is 0 Å². The molecular formula is C16H14N8O5. The van der Waals surface area contributed by atoms with Gasteiger partial charge in [0.05, 0.1) is 16.8 Å². The fourth-order valence-corrected chi connectivity index (χ4v) is 2.29. The first-order chi connectivity index (χ1) is 13.8. The minimum Gasteiger partial charge on any atom is -0.502 e. The minimum atomic E-state index is -0.740. The monoisotopic (exact) mass is 398 g/mol. The molecule has 2 aromatic heterocycles. The number of aryl methyl sites for hydroxylation is 2. The predicted molar refractivity (Wildman–Crippen MR) is 99.1 cm³/mol. The van der Waals surface area contributed by atoms with Crippen molar-refractivity contribution in [2.24, 2.45) is 5.10 Å². The molecule has 3 N–H and O–H groups in total. The van der Waals surface area contributed by atoms with Gasteiger partial charge in [0, 0.05) is 11.6 Å². The molecule has 3 rings (SSSR count). The Hall–Kier alpha value is -4.42. The predicted octanol–water partition coefficient (Wildman–Crippen LogP) is 0.345. The summed E-state index contributed by atoms with van der Waals surface area (Å²) >= 11 is 0. The number of hydrazone groups is 1. The number of H-pyrrole nitrogens is 1. The number of hydrogen-bond donors (Lipinski definition) is 3. The van der Waals surface area contributed by atoms with E-state index in [-0.39, 0.29) is 22.9 Å². The Morgan fingerprint density at radius 3 is 2.79 bits per heavy atom. The third kappa shape index (κ3) is 4.13. The van der Waals surface area contributed by atoms with Crippen molar-refractivity contribution in [2.45, 2.75) is 13.8 Å². The molecule has 1 amide bonds. The van der Waals surface area contributed by atoms with Gasteiger partial charge in [-0.3, -0.25) is 24.7 Å². The van der Waals surface area contributed by atoms with Gasteiger partial charge in [-0.15, -0.1) is 10.2 Å². The molecule has 0 atom stereocenters. The van der Waals surface area contributed by atoms with Crippen molar-refractivity contribution >= 4 is 17.8 Å². The van der Waals surface area contributed by atoms with Gasteiger partial charge in [-0.2, -0.15) is 14.9 Å². The maximum Gasteiger partial charge on any atom is 0.311 e. The quantitative estimate of drug-likeness (QED) is 0.312. The molecule has 0 fully saturated rings. The minimum absolute atomic E-state index is 0.0325. The smallest absolute Gasteiger partial charge is 0.311 e. The van der Waals surface area contributed by atoms with Crippen molar-refractivity contribution < 1.29 is 14.8 Å². The van der Waals surface area contributed by atoms with Crippen LogP contribution in [-0.2, 0) is 0 Å². The molecular weight excluding hydrogens is 384 g/mol. The molecule has 0 saturated heterocycles. The van der Waals surface area contributed by atoms with Gasteiger partial charge in [0.1, 0.15) is 11.4 Å². The maximum atomic E-state index is 12.4. The molecule has 0 radical (unpaired) electrons. The number of carbonyl (C=O) groups excluding carboxylic acids is 1. The number of hydrogen-bond acceptors (Lipinski definition) is 9. The molecule has 0 unspecified atom stereocenters. The summed E-state index contributed by atoms with van der Waals surface area (Å²) in [6.45, 7) is 3.13. The molecule has 0 aliphatic rings. The van der Waals surface area contributed by atoms with Gasteiger partial charge in [0.25, 0.3) is 17.4 Å². The molecule has 2 heterocycles. The van der Waals surface area contributed by atoms with Crippen LogP contribution in [0.1, 0.15) is 27.4 Å². The number of carbonyl (C=O) groups is 1. The van der Waals surface area contributed by atoms with Crippen molar-refractivity contribution in [3.63, 3.8) is 0 Å². The molecule has 0 saturated carbocycles. The van der Waals surface area contributed by atoms with Crippen LogP contribution in [0.2, 0.25) is 0 Å². The summed E-state index contributed by atoms with van der Waals surface area (Å²) < 4.78 is 1.11. The van der Waals surface area contributed by atoms with Gasteiger partial charge in [-0.25, -0.2) is 5.43 Å². The number of nitro groups is 1. The molecule has 13 nitrogen and oxygen atoms in total. The van der Waals surface area contributed by atoms with Crippen molar-refractivity contribution in [2.75, 3.05) is 0 Å². The Morgan fingerprint density at radius 2 is 2.10 bits per heavy atom. The first-order valence-electron chi connectivity index (χ1n) is 8.07. The largest absolute Gasteiger partial charge is 0.502 e. The van der Waals surface area contributed by atoms with E-state index in [0.29, 0.717) is 5.69 Å². The van der Waals surface area contributed by atoms with Crippen LogP contribution in [0.25, 0.3) is 5.95 Å². The summed E-state index contributed by atoms with van der Waals surface area (Å²) in [6.07, 6.45) is 1.17. The van der Waals surface area contributed by atoms with Crippen LogP contribution < -0.4 is 11.0 Å². The normalized spacial score (nSPS) is 11.0. The first kappa shape index (κ1) is 19.3. The lowest BCUT2D eigenvalue weighted by atomic mass is 10.2. The zero-order valence-electron chi connectivity index (χ0n) is 15.2. The number of phenolic OH excluding ortho intramolecular Hbond substituents is 1. The molecule has 3 aromatic rings. The summed E-state index contributed by atoms with van der Waals surface area (Å²) in [5.74, 6) is -1.20. The van der Waals surface area contributed by atoms with Gasteiger partial charge < -0.3 is 5.11 Å². The topological polar surface area (TPSA) is 181 Å². The summed E-state index contributed by atoms with van der Waals surface area (Å²) in [7, 11) is 0. The summed E-state index contributed by atoms with van der Waals surface area (Å²) in [4.78, 5) is 36.8. The molecule has 0 spiro atoms. The van der Waals surface area contributed by atoms with E-state index in [1.807, 2.05) is 0 Å². The number of nitrogens with one attached hydrogen (secondary N) is 2. The molecule has 1 aromatic carbocycles. The fourth-order valence-electron chi connectivity index (χ4n) is 2.29. The molecule has 148 valence electrons. The highest BCUT2D eigenvalue weighted by Gasteiger charge is 2.17. The number of aromatic nitrogens is 5. The Morgan fingerprint density at radius 1 is 1.34 bits per heavy atom. The van der Waals surface area contributed by atoms with Crippen LogP contribution >= 0.6 is 0 Å². The number of rotatable bonds is 5. The van der Waals surface area contributed by atoms with E-state index in [1.165, 1.54) is 25.3 Å². The number of aromatic amines is 1. The van der Waals surface area contributed by atoms with Crippen LogP contribution in [0.5, 0.6) is 5.75 Å². The third-order valence-corrected chi connectivity index (χ3v) is 3.69. The number of aromatic hydroxyl groups is 1. The zero-order valence-corrected chi connectivity index (χ0v) is 15.2. The molecule has 0 bridgehead atoms. The highest BCUT2D eigenvalue weighted by Crippen LogP contribution is 2.25. The number of benzene rings is 1. The average Bonchev–Trinajstić information content (AvgIpc) is 3.07. The number of nitrogens with zero attached hydrogens (tertiary/aromatic N) is 6. The first-order valence-corrected chi connectivity index (χ1v) is 8.07. The fraction of sp³-hybridized carbons (Fsp3) is 0.125. The third-order valence-electron chi connectivity index (χ3n) is 3.69. The molecule has 13 heteroatoms. The lowest BCUT2D eigenvalue weighted by molar-refractivity contribution is -0.385. The number of nitro benzene ring substituents is 1. The van der Waals surface area contributed by atoms with E-state index in [1.54, 1.807) is 6.92 Å². The van der Waals surface area contributed by atoms with Crippen LogP contribution in [0.4, 0.5) is 5.69 Å². The maximum absolute atomic E-state index is 12.4. The molecule has 0 aliphatic carbocycles. The zero-order chi connectivity index (χ0) is 21.1. The second-order valence-corrected chi connectivity index (χ2v) is 5.85. The van der Waals surface area contributed by atoms with E-state index in [9.17, 15) is 24.8 Å². The summed E-state index contributed by atoms with van der Waals surface area (Å²) in [5.41, 5.74) is 2.26. The number of amides is 1. The summed E-state index contributed by atoms with van der Waals surface area (Å²) in [6, 6.07) is 5.09. The Labute approximate surface area is 161 Å². The summed E-state index contributed by atoms with van der Waals surface area (Å²) in [5, 5.41) is 35.7. The van der Waals surface area contributed by atoms with Crippen molar-refractivity contribution in [3.05, 3.63) is 67.4 Å². The van der Waals surface area contributed by atoms with Gasteiger partial charge in [-0.1, -0.05) is 0 Å². The Balaban J connectivity index is 1.82. The van der Waals surface area contributed by atoms with Crippen molar-refractivity contribution in [1.82, 2.24) is 30.4 Å². The standard InChI is InChI=1S/C16H14N8O5/c1-8-5-12(23(22-8)16-18-14(26)9(2)19-21-16)15(27)20-17-7-10-3-4-13(25)11(6-10)24(28)29/h3-7,25H,1-2H3,(H,20,27)(H,18,21,26)/b17-7-. The average molecular weight is 398 g/mol. The number of phenols is 1. The van der Waals surface area contributed by atoms with Crippen LogP contribution in [0, 0.1) is 24.0 Å². The highest BCUT2D eigenvalue weighted by atomic mass is 16.6. The second-order valence-electron chi connectivity index (χ2n) is 5.85. The molecule has 0 aliphatic heterocycles. The van der Waals surface area contributed by atoms with Crippen LogP contribution in [-0.4, -0.2) is 47.1 Å². The van der Waals surface area contributed by atoms with E-state index in [2.05, 4.69) is 30.8 Å². The van der Waals surface area contributed by atoms with Gasteiger partial charge in [-0.05, 0) is 32.0 Å². The SMILES string of the molecule is Cc1cc(C(=O)N/N=C\c2ccc(O)c([N+](=O)[O-])c2)n(-c2nnc(C)c(=O)[nH]2)n1. The van der Waals surface area contributed by atoms with Crippen molar-refractivity contribution in [3.8, 4) is 11.7 Å². The van der Waals surface area contributed by atoms with E-state index >= 15 is 0 Å². The van der Waals surface area contributed by atoms with Crippen LogP contribution in [0.3, 0.4) is 0 Å². The Kier molecular flexibility index (Phi) is 5.12. The van der Waals surface area contributed by atoms with Gasteiger partial charge in [0.15, 0.2) is 5.75 Å². The van der Waals surface area contributed by atoms with Gasteiger partial charge >= 0.3 is 5.69 Å². The lowest BCUT2D eigenvalue weighted by Crippen LogP contribution is -2.24. The Bertz CT molecular complexity index is 1200. The van der Waals surface area contributed by atoms with E-state index in [4.69, 9.17) is 0 Å². The molecule has 29 heavy (non-hydrogen) atoms. The van der Waals surface area contributed by atoms with Crippen molar-refractivity contribution in [1.29, 1.82) is 0 Å².